The molecule has 1 aliphatic rings. The lowest BCUT2D eigenvalue weighted by Gasteiger charge is -2.28. The molecule has 5 rings (SSSR count). The molecule has 0 N–H and O–H groups in total. The SMILES string of the molecule is Cc1noc(C)c1-c1cc(-c2ccc(N3CCOCC3)cc2)nc(OCc2ccsc2)c1C#N. The van der Waals surface area contributed by atoms with E-state index < -0.39 is 0 Å². The van der Waals surface area contributed by atoms with Crippen molar-refractivity contribution in [2.24, 2.45) is 0 Å². The lowest BCUT2D eigenvalue weighted by Crippen LogP contribution is -2.36. The molecule has 0 atom stereocenters. The number of morpholine rings is 1. The Morgan fingerprint density at radius 2 is 1.94 bits per heavy atom. The number of aromatic nitrogens is 2. The topological polar surface area (TPSA) is 84.4 Å². The Hall–Kier alpha value is -3.67. The van der Waals surface area contributed by atoms with Crippen LogP contribution in [0, 0.1) is 25.2 Å². The normalized spacial score (nSPS) is 13.6. The molecule has 34 heavy (non-hydrogen) atoms. The Balaban J connectivity index is 1.57. The van der Waals surface area contributed by atoms with Gasteiger partial charge in [-0.15, -0.1) is 0 Å². The number of ether oxygens (including phenoxy) is 2. The van der Waals surface area contributed by atoms with Crippen LogP contribution in [0.2, 0.25) is 0 Å². The number of hydrogen-bond acceptors (Lipinski definition) is 8. The second-order valence-corrected chi connectivity index (χ2v) is 8.89. The summed E-state index contributed by atoms with van der Waals surface area (Å²) < 4.78 is 16.9. The predicted octanol–water partition coefficient (Wildman–Crippen LogP) is 5.37. The number of nitrogens with zero attached hydrogens (tertiary/aromatic N) is 4. The standard InChI is InChI=1S/C26H24N4O3S/c1-17-25(18(2)33-29-17)22-13-24(20-3-5-21(6-4-20)30-8-10-31-11-9-30)28-26(23(22)14-27)32-15-19-7-12-34-16-19/h3-7,12-13,16H,8-11,15H2,1-2H3. The van der Waals surface area contributed by atoms with E-state index in [2.05, 4.69) is 40.4 Å². The van der Waals surface area contributed by atoms with Crippen molar-refractivity contribution in [1.29, 1.82) is 5.26 Å². The summed E-state index contributed by atoms with van der Waals surface area (Å²) in [5.41, 5.74) is 6.45. The zero-order valence-electron chi connectivity index (χ0n) is 19.1. The Bertz CT molecular complexity index is 1300. The van der Waals surface area contributed by atoms with Crippen LogP contribution in [-0.2, 0) is 11.3 Å². The number of anilines is 1. The van der Waals surface area contributed by atoms with Crippen molar-refractivity contribution >= 4 is 17.0 Å². The van der Waals surface area contributed by atoms with E-state index in [1.165, 1.54) is 0 Å². The molecular weight excluding hydrogens is 448 g/mol. The van der Waals surface area contributed by atoms with Gasteiger partial charge in [0.2, 0.25) is 5.88 Å². The minimum atomic E-state index is 0.304. The molecule has 8 heteroatoms. The molecule has 0 saturated carbocycles. The summed E-state index contributed by atoms with van der Waals surface area (Å²) in [7, 11) is 0. The second kappa shape index (κ2) is 9.67. The van der Waals surface area contributed by atoms with E-state index in [1.54, 1.807) is 11.3 Å². The number of hydrogen-bond donors (Lipinski definition) is 0. The van der Waals surface area contributed by atoms with Gasteiger partial charge in [0.25, 0.3) is 0 Å². The van der Waals surface area contributed by atoms with Gasteiger partial charge in [-0.1, -0.05) is 17.3 Å². The molecule has 1 saturated heterocycles. The van der Waals surface area contributed by atoms with Gasteiger partial charge < -0.3 is 18.9 Å². The van der Waals surface area contributed by atoms with Crippen LogP contribution >= 0.6 is 11.3 Å². The average Bonchev–Trinajstić information content (AvgIpc) is 3.52. The van der Waals surface area contributed by atoms with Crippen LogP contribution in [0.1, 0.15) is 22.6 Å². The van der Waals surface area contributed by atoms with Crippen LogP contribution in [0.3, 0.4) is 0 Å². The number of nitriles is 1. The summed E-state index contributed by atoms with van der Waals surface area (Å²) in [6, 6.07) is 14.5. The number of aryl methyl sites for hydroxylation is 2. The summed E-state index contributed by atoms with van der Waals surface area (Å²) >= 11 is 1.60. The summed E-state index contributed by atoms with van der Waals surface area (Å²) in [4.78, 5) is 7.07. The summed E-state index contributed by atoms with van der Waals surface area (Å²) in [5, 5.41) is 18.2. The zero-order chi connectivity index (χ0) is 23.5. The van der Waals surface area contributed by atoms with Crippen LogP contribution in [0.15, 0.2) is 51.7 Å². The minimum Gasteiger partial charge on any atom is -0.472 e. The molecule has 7 nitrogen and oxygen atoms in total. The fraction of sp³-hybridized carbons (Fsp3) is 0.269. The van der Waals surface area contributed by atoms with Gasteiger partial charge in [-0.05, 0) is 48.9 Å². The van der Waals surface area contributed by atoms with Crippen molar-refractivity contribution in [2.45, 2.75) is 20.5 Å². The molecule has 1 aliphatic heterocycles. The Morgan fingerprint density at radius 1 is 1.15 bits per heavy atom. The van der Waals surface area contributed by atoms with E-state index in [1.807, 2.05) is 36.7 Å². The van der Waals surface area contributed by atoms with Crippen LogP contribution < -0.4 is 9.64 Å². The largest absolute Gasteiger partial charge is 0.472 e. The molecule has 1 fully saturated rings. The van der Waals surface area contributed by atoms with Crippen molar-refractivity contribution in [3.8, 4) is 34.3 Å². The molecule has 4 aromatic rings. The second-order valence-electron chi connectivity index (χ2n) is 8.11. The molecule has 1 aromatic carbocycles. The first-order valence-corrected chi connectivity index (χ1v) is 12.0. The molecular formula is C26H24N4O3S. The molecule has 4 heterocycles. The van der Waals surface area contributed by atoms with Crippen molar-refractivity contribution < 1.29 is 14.0 Å². The lowest BCUT2D eigenvalue weighted by atomic mass is 9.97. The van der Waals surface area contributed by atoms with E-state index in [-0.39, 0.29) is 0 Å². The van der Waals surface area contributed by atoms with Gasteiger partial charge in [-0.3, -0.25) is 0 Å². The maximum atomic E-state index is 10.0. The van der Waals surface area contributed by atoms with E-state index >= 15 is 0 Å². The van der Waals surface area contributed by atoms with Crippen LogP contribution in [0.25, 0.3) is 22.4 Å². The third-order valence-corrected chi connectivity index (χ3v) is 6.63. The zero-order valence-corrected chi connectivity index (χ0v) is 19.9. The summed E-state index contributed by atoms with van der Waals surface area (Å²) in [6.45, 7) is 7.30. The van der Waals surface area contributed by atoms with Gasteiger partial charge in [-0.2, -0.15) is 16.6 Å². The highest BCUT2D eigenvalue weighted by Gasteiger charge is 2.22. The Morgan fingerprint density at radius 3 is 2.59 bits per heavy atom. The fourth-order valence-corrected chi connectivity index (χ4v) is 4.79. The summed E-state index contributed by atoms with van der Waals surface area (Å²) in [5.74, 6) is 0.955. The summed E-state index contributed by atoms with van der Waals surface area (Å²) in [6.07, 6.45) is 0. The van der Waals surface area contributed by atoms with Gasteiger partial charge in [-0.25, -0.2) is 4.98 Å². The first-order valence-electron chi connectivity index (χ1n) is 11.1. The first kappa shape index (κ1) is 22.1. The maximum absolute atomic E-state index is 10.0. The van der Waals surface area contributed by atoms with Gasteiger partial charge in [0.05, 0.1) is 24.6 Å². The van der Waals surface area contributed by atoms with Crippen molar-refractivity contribution in [3.63, 3.8) is 0 Å². The van der Waals surface area contributed by atoms with Gasteiger partial charge >= 0.3 is 0 Å². The average molecular weight is 473 g/mol. The molecule has 172 valence electrons. The smallest absolute Gasteiger partial charge is 0.233 e. The van der Waals surface area contributed by atoms with Gasteiger partial charge in [0.15, 0.2) is 0 Å². The van der Waals surface area contributed by atoms with E-state index in [0.29, 0.717) is 29.4 Å². The monoisotopic (exact) mass is 472 g/mol. The van der Waals surface area contributed by atoms with Crippen LogP contribution in [0.4, 0.5) is 5.69 Å². The van der Waals surface area contributed by atoms with E-state index in [0.717, 1.165) is 60.1 Å². The molecule has 3 aromatic heterocycles. The Kier molecular flexibility index (Phi) is 6.30. The molecule has 0 bridgehead atoms. The lowest BCUT2D eigenvalue weighted by molar-refractivity contribution is 0.122. The van der Waals surface area contributed by atoms with Crippen molar-refractivity contribution in [2.75, 3.05) is 31.2 Å². The molecule has 0 aliphatic carbocycles. The van der Waals surface area contributed by atoms with E-state index in [4.69, 9.17) is 19.0 Å². The third-order valence-electron chi connectivity index (χ3n) is 5.90. The minimum absolute atomic E-state index is 0.304. The van der Waals surface area contributed by atoms with Gasteiger partial charge in [0, 0.05) is 41.0 Å². The number of benzene rings is 1. The quantitative estimate of drug-likeness (QED) is 0.373. The van der Waals surface area contributed by atoms with E-state index in [9.17, 15) is 5.26 Å². The Labute approximate surface area is 202 Å². The number of thiophene rings is 1. The number of pyridine rings is 1. The fourth-order valence-electron chi connectivity index (χ4n) is 4.14. The highest BCUT2D eigenvalue weighted by atomic mass is 32.1. The first-order chi connectivity index (χ1) is 16.6. The molecule has 0 amide bonds. The predicted molar refractivity (Wildman–Crippen MR) is 131 cm³/mol. The van der Waals surface area contributed by atoms with Crippen molar-refractivity contribution in [1.82, 2.24) is 10.1 Å². The van der Waals surface area contributed by atoms with Gasteiger partial charge in [0.1, 0.15) is 24.0 Å². The maximum Gasteiger partial charge on any atom is 0.233 e. The number of rotatable bonds is 6. The highest BCUT2D eigenvalue weighted by Crippen LogP contribution is 2.37. The van der Waals surface area contributed by atoms with Crippen LogP contribution in [0.5, 0.6) is 5.88 Å². The highest BCUT2D eigenvalue weighted by molar-refractivity contribution is 7.07. The molecule has 0 unspecified atom stereocenters. The van der Waals surface area contributed by atoms with Crippen molar-refractivity contribution in [3.05, 3.63) is 69.7 Å². The van der Waals surface area contributed by atoms with Crippen LogP contribution in [-0.4, -0.2) is 36.4 Å². The molecule has 0 radical (unpaired) electrons. The third kappa shape index (κ3) is 4.40. The molecule has 0 spiro atoms.